The average Bonchev–Trinajstić information content (AvgIpc) is 3.02. The van der Waals surface area contributed by atoms with Crippen LogP contribution in [0.5, 0.6) is 0 Å². The SMILES string of the molecule is Cc1ccc(-c2nn(Cc3cccc(F)c3)c(-c3ccc(C)c(C)c3)c2C)cc1C. The maximum absolute atomic E-state index is 13.8. The highest BCUT2D eigenvalue weighted by molar-refractivity contribution is 5.75. The molecule has 0 atom stereocenters. The smallest absolute Gasteiger partial charge is 0.123 e. The van der Waals surface area contributed by atoms with Gasteiger partial charge in [-0.15, -0.1) is 0 Å². The first-order valence-electron chi connectivity index (χ1n) is 10.3. The van der Waals surface area contributed by atoms with E-state index in [1.165, 1.54) is 28.3 Å². The summed E-state index contributed by atoms with van der Waals surface area (Å²) < 4.78 is 15.8. The lowest BCUT2D eigenvalue weighted by atomic mass is 9.98. The molecule has 152 valence electrons. The van der Waals surface area contributed by atoms with Gasteiger partial charge in [-0.25, -0.2) is 4.39 Å². The standard InChI is InChI=1S/C27H27FN2/c1-17-9-11-23(13-19(17)3)26-21(5)27(24-12-10-18(2)20(4)14-24)30(29-26)16-22-7-6-8-25(28)15-22/h6-15H,16H2,1-5H3. The van der Waals surface area contributed by atoms with Crippen molar-refractivity contribution in [3.8, 4) is 22.5 Å². The monoisotopic (exact) mass is 398 g/mol. The second-order valence-corrected chi connectivity index (χ2v) is 8.21. The van der Waals surface area contributed by atoms with Crippen molar-refractivity contribution in [2.24, 2.45) is 0 Å². The molecule has 0 radical (unpaired) electrons. The van der Waals surface area contributed by atoms with Crippen molar-refractivity contribution in [1.82, 2.24) is 9.78 Å². The van der Waals surface area contributed by atoms with Crippen LogP contribution < -0.4 is 0 Å². The van der Waals surface area contributed by atoms with Crippen molar-refractivity contribution in [3.63, 3.8) is 0 Å². The fourth-order valence-corrected chi connectivity index (χ4v) is 3.89. The lowest BCUT2D eigenvalue weighted by Gasteiger charge is -2.11. The van der Waals surface area contributed by atoms with Gasteiger partial charge in [0.1, 0.15) is 5.82 Å². The van der Waals surface area contributed by atoms with Gasteiger partial charge in [0.05, 0.1) is 17.9 Å². The molecule has 4 aromatic rings. The Morgan fingerprint density at radius 1 is 0.733 bits per heavy atom. The molecule has 0 spiro atoms. The number of nitrogens with zero attached hydrogens (tertiary/aromatic N) is 2. The fraction of sp³-hybridized carbons (Fsp3) is 0.222. The number of benzene rings is 3. The highest BCUT2D eigenvalue weighted by atomic mass is 19.1. The lowest BCUT2D eigenvalue weighted by molar-refractivity contribution is 0.620. The van der Waals surface area contributed by atoms with E-state index in [4.69, 9.17) is 5.10 Å². The Morgan fingerprint density at radius 3 is 2.00 bits per heavy atom. The van der Waals surface area contributed by atoms with E-state index in [0.717, 1.165) is 33.6 Å². The minimum Gasteiger partial charge on any atom is -0.260 e. The normalized spacial score (nSPS) is 11.1. The van der Waals surface area contributed by atoms with Crippen molar-refractivity contribution < 1.29 is 4.39 Å². The molecular weight excluding hydrogens is 371 g/mol. The Balaban J connectivity index is 1.90. The maximum Gasteiger partial charge on any atom is 0.123 e. The fourth-order valence-electron chi connectivity index (χ4n) is 3.89. The van der Waals surface area contributed by atoms with Crippen molar-refractivity contribution in [2.45, 2.75) is 41.2 Å². The number of aryl methyl sites for hydroxylation is 4. The molecule has 0 aliphatic heterocycles. The van der Waals surface area contributed by atoms with Crippen LogP contribution in [-0.4, -0.2) is 9.78 Å². The molecule has 3 aromatic carbocycles. The maximum atomic E-state index is 13.8. The van der Waals surface area contributed by atoms with Gasteiger partial charge in [-0.1, -0.05) is 36.4 Å². The number of rotatable bonds is 4. The summed E-state index contributed by atoms with van der Waals surface area (Å²) in [5, 5.41) is 5.00. The van der Waals surface area contributed by atoms with E-state index in [9.17, 15) is 4.39 Å². The molecular formula is C27H27FN2. The van der Waals surface area contributed by atoms with Crippen LogP contribution in [0.1, 0.15) is 33.4 Å². The molecule has 30 heavy (non-hydrogen) atoms. The number of hydrogen-bond donors (Lipinski definition) is 0. The summed E-state index contributed by atoms with van der Waals surface area (Å²) in [6.07, 6.45) is 0. The minimum atomic E-state index is -0.224. The number of hydrogen-bond acceptors (Lipinski definition) is 1. The Bertz CT molecular complexity index is 1230. The lowest BCUT2D eigenvalue weighted by Crippen LogP contribution is -2.05. The van der Waals surface area contributed by atoms with E-state index in [-0.39, 0.29) is 5.82 Å². The molecule has 0 amide bonds. The van der Waals surface area contributed by atoms with Gasteiger partial charge in [-0.05, 0) is 86.7 Å². The van der Waals surface area contributed by atoms with Crippen molar-refractivity contribution in [2.75, 3.05) is 0 Å². The number of aromatic nitrogens is 2. The van der Waals surface area contributed by atoms with Crippen LogP contribution in [-0.2, 0) is 6.54 Å². The highest BCUT2D eigenvalue weighted by Gasteiger charge is 2.18. The van der Waals surface area contributed by atoms with Crippen LogP contribution in [0.4, 0.5) is 4.39 Å². The van der Waals surface area contributed by atoms with Crippen molar-refractivity contribution in [3.05, 3.63) is 99.9 Å². The first-order chi connectivity index (χ1) is 14.3. The third-order valence-corrected chi connectivity index (χ3v) is 5.97. The van der Waals surface area contributed by atoms with E-state index in [1.54, 1.807) is 12.1 Å². The largest absolute Gasteiger partial charge is 0.260 e. The Kier molecular flexibility index (Phi) is 5.29. The van der Waals surface area contributed by atoms with E-state index < -0.39 is 0 Å². The van der Waals surface area contributed by atoms with E-state index >= 15 is 0 Å². The molecule has 3 heteroatoms. The second kappa shape index (κ2) is 7.91. The molecule has 0 N–H and O–H groups in total. The van der Waals surface area contributed by atoms with Gasteiger partial charge < -0.3 is 0 Å². The molecule has 0 bridgehead atoms. The van der Waals surface area contributed by atoms with Crippen LogP contribution >= 0.6 is 0 Å². The van der Waals surface area contributed by atoms with Gasteiger partial charge in [0.25, 0.3) is 0 Å². The molecule has 4 rings (SSSR count). The Labute approximate surface area is 178 Å². The molecule has 0 aliphatic rings. The zero-order valence-corrected chi connectivity index (χ0v) is 18.3. The molecule has 0 fully saturated rings. The zero-order chi connectivity index (χ0) is 21.4. The summed E-state index contributed by atoms with van der Waals surface area (Å²) in [5.74, 6) is -0.224. The third-order valence-electron chi connectivity index (χ3n) is 5.97. The molecule has 1 heterocycles. The molecule has 2 nitrogen and oxygen atoms in total. The third kappa shape index (κ3) is 3.80. The van der Waals surface area contributed by atoms with Crippen LogP contribution in [0.25, 0.3) is 22.5 Å². The average molecular weight is 399 g/mol. The Morgan fingerprint density at radius 2 is 1.37 bits per heavy atom. The molecule has 0 aliphatic carbocycles. The molecule has 0 saturated heterocycles. The summed E-state index contributed by atoms with van der Waals surface area (Å²) in [6, 6.07) is 19.7. The summed E-state index contributed by atoms with van der Waals surface area (Å²) in [6.45, 7) is 11.1. The summed E-state index contributed by atoms with van der Waals surface area (Å²) >= 11 is 0. The molecule has 1 aromatic heterocycles. The van der Waals surface area contributed by atoms with E-state index in [0.29, 0.717) is 6.54 Å². The molecule has 0 unspecified atom stereocenters. The predicted octanol–water partition coefficient (Wildman–Crippen LogP) is 6.95. The zero-order valence-electron chi connectivity index (χ0n) is 18.3. The quantitative estimate of drug-likeness (QED) is 0.364. The van der Waals surface area contributed by atoms with Crippen molar-refractivity contribution in [1.29, 1.82) is 0 Å². The van der Waals surface area contributed by atoms with Crippen LogP contribution in [0.2, 0.25) is 0 Å². The highest BCUT2D eigenvalue weighted by Crippen LogP contribution is 2.33. The topological polar surface area (TPSA) is 17.8 Å². The van der Waals surface area contributed by atoms with E-state index in [1.807, 2.05) is 10.7 Å². The van der Waals surface area contributed by atoms with Gasteiger partial charge in [0, 0.05) is 16.7 Å². The first kappa shape index (κ1) is 20.1. The van der Waals surface area contributed by atoms with Gasteiger partial charge in [0.15, 0.2) is 0 Å². The summed E-state index contributed by atoms with van der Waals surface area (Å²) in [7, 11) is 0. The first-order valence-corrected chi connectivity index (χ1v) is 10.3. The number of halogens is 1. The summed E-state index contributed by atoms with van der Waals surface area (Å²) in [4.78, 5) is 0. The molecule has 0 saturated carbocycles. The van der Waals surface area contributed by atoms with Gasteiger partial charge in [0.2, 0.25) is 0 Å². The van der Waals surface area contributed by atoms with Crippen LogP contribution in [0.15, 0.2) is 60.7 Å². The Hall–Kier alpha value is -3.20. The van der Waals surface area contributed by atoms with Gasteiger partial charge in [-0.3, -0.25) is 4.68 Å². The van der Waals surface area contributed by atoms with Crippen LogP contribution in [0, 0.1) is 40.4 Å². The summed E-state index contributed by atoms with van der Waals surface area (Å²) in [5.41, 5.74) is 11.4. The van der Waals surface area contributed by atoms with Gasteiger partial charge >= 0.3 is 0 Å². The predicted molar refractivity (Wildman–Crippen MR) is 122 cm³/mol. The van der Waals surface area contributed by atoms with E-state index in [2.05, 4.69) is 71.0 Å². The van der Waals surface area contributed by atoms with Crippen molar-refractivity contribution >= 4 is 0 Å². The second-order valence-electron chi connectivity index (χ2n) is 8.21. The van der Waals surface area contributed by atoms with Crippen LogP contribution in [0.3, 0.4) is 0 Å². The van der Waals surface area contributed by atoms with Gasteiger partial charge in [-0.2, -0.15) is 5.10 Å². The minimum absolute atomic E-state index is 0.224.